The molecular formula is C12H17BrN2O3. The molecule has 1 atom stereocenters. The molecule has 2 amide bonds. The molecule has 18 heavy (non-hydrogen) atoms. The van der Waals surface area contributed by atoms with Gasteiger partial charge < -0.3 is 20.5 Å². The number of amides is 2. The number of anilines is 1. The number of hydrogen-bond acceptors (Lipinski definition) is 3. The van der Waals surface area contributed by atoms with E-state index in [0.717, 1.165) is 10.0 Å². The van der Waals surface area contributed by atoms with Crippen LogP contribution in [-0.2, 0) is 0 Å². The SMILES string of the molecule is COc1cc(C)c(Br)cc1NC(=O)N[C@@H](C)CO. The summed E-state index contributed by atoms with van der Waals surface area (Å²) in [4.78, 5) is 11.6. The number of aliphatic hydroxyl groups is 1. The fourth-order valence-corrected chi connectivity index (χ4v) is 1.69. The standard InChI is InChI=1S/C12H17BrN2O3/c1-7-4-11(18-3)10(5-9(7)13)15-12(17)14-8(2)6-16/h4-5,8,16H,6H2,1-3H3,(H2,14,15,17)/t8-/m0/s1. The fraction of sp³-hybridized carbons (Fsp3) is 0.417. The molecule has 0 heterocycles. The summed E-state index contributed by atoms with van der Waals surface area (Å²) in [6.45, 7) is 3.54. The second-order valence-corrected chi connectivity index (χ2v) is 4.84. The Morgan fingerprint density at radius 2 is 2.22 bits per heavy atom. The van der Waals surface area contributed by atoms with Crippen molar-refractivity contribution in [3.63, 3.8) is 0 Å². The van der Waals surface area contributed by atoms with E-state index in [1.807, 2.05) is 13.0 Å². The van der Waals surface area contributed by atoms with E-state index in [1.165, 1.54) is 0 Å². The largest absolute Gasteiger partial charge is 0.495 e. The van der Waals surface area contributed by atoms with E-state index in [-0.39, 0.29) is 18.7 Å². The predicted molar refractivity (Wildman–Crippen MR) is 74.1 cm³/mol. The first-order chi connectivity index (χ1) is 8.47. The molecule has 0 radical (unpaired) electrons. The molecule has 0 unspecified atom stereocenters. The van der Waals surface area contributed by atoms with Gasteiger partial charge in [-0.3, -0.25) is 0 Å². The molecule has 0 spiro atoms. The summed E-state index contributed by atoms with van der Waals surface area (Å²) in [7, 11) is 1.54. The van der Waals surface area contributed by atoms with Crippen LogP contribution in [0.4, 0.5) is 10.5 Å². The zero-order valence-electron chi connectivity index (χ0n) is 10.6. The lowest BCUT2D eigenvalue weighted by Crippen LogP contribution is -2.38. The van der Waals surface area contributed by atoms with Gasteiger partial charge in [0.25, 0.3) is 0 Å². The van der Waals surface area contributed by atoms with Crippen LogP contribution in [-0.4, -0.2) is 30.9 Å². The van der Waals surface area contributed by atoms with Gasteiger partial charge >= 0.3 is 6.03 Å². The van der Waals surface area contributed by atoms with E-state index < -0.39 is 0 Å². The average Bonchev–Trinajstić information content (AvgIpc) is 2.33. The minimum Gasteiger partial charge on any atom is -0.495 e. The lowest BCUT2D eigenvalue weighted by atomic mass is 10.2. The van der Waals surface area contributed by atoms with Crippen LogP contribution in [0.3, 0.4) is 0 Å². The van der Waals surface area contributed by atoms with Gasteiger partial charge in [-0.2, -0.15) is 0 Å². The number of aryl methyl sites for hydroxylation is 1. The molecule has 1 aromatic rings. The lowest BCUT2D eigenvalue weighted by Gasteiger charge is -2.15. The van der Waals surface area contributed by atoms with Crippen molar-refractivity contribution in [2.24, 2.45) is 0 Å². The summed E-state index contributed by atoms with van der Waals surface area (Å²) in [5.74, 6) is 0.586. The fourth-order valence-electron chi connectivity index (χ4n) is 1.35. The number of carbonyl (C=O) groups is 1. The molecule has 0 fully saturated rings. The van der Waals surface area contributed by atoms with Crippen LogP contribution in [0, 0.1) is 6.92 Å². The topological polar surface area (TPSA) is 70.6 Å². The van der Waals surface area contributed by atoms with Crippen LogP contribution in [0.25, 0.3) is 0 Å². The third kappa shape index (κ3) is 3.89. The smallest absolute Gasteiger partial charge is 0.319 e. The Morgan fingerprint density at radius 3 is 2.78 bits per heavy atom. The van der Waals surface area contributed by atoms with Crippen molar-refractivity contribution in [3.8, 4) is 5.75 Å². The van der Waals surface area contributed by atoms with Crippen molar-refractivity contribution in [1.82, 2.24) is 5.32 Å². The van der Waals surface area contributed by atoms with Crippen molar-refractivity contribution < 1.29 is 14.6 Å². The maximum atomic E-state index is 11.6. The predicted octanol–water partition coefficient (Wildman–Crippen LogP) is 2.27. The maximum Gasteiger partial charge on any atom is 0.319 e. The molecule has 3 N–H and O–H groups in total. The molecule has 1 rings (SSSR count). The molecule has 6 heteroatoms. The molecule has 5 nitrogen and oxygen atoms in total. The highest BCUT2D eigenvalue weighted by molar-refractivity contribution is 9.10. The van der Waals surface area contributed by atoms with Crippen LogP contribution in [0.15, 0.2) is 16.6 Å². The van der Waals surface area contributed by atoms with E-state index in [0.29, 0.717) is 11.4 Å². The van der Waals surface area contributed by atoms with E-state index in [1.54, 1.807) is 20.1 Å². The van der Waals surface area contributed by atoms with Crippen molar-refractivity contribution in [2.75, 3.05) is 19.0 Å². The number of carbonyl (C=O) groups excluding carboxylic acids is 1. The number of aliphatic hydroxyl groups excluding tert-OH is 1. The number of ether oxygens (including phenoxy) is 1. The van der Waals surface area contributed by atoms with E-state index in [4.69, 9.17) is 9.84 Å². The highest BCUT2D eigenvalue weighted by Crippen LogP contribution is 2.30. The quantitative estimate of drug-likeness (QED) is 0.798. The summed E-state index contributed by atoms with van der Waals surface area (Å²) in [5.41, 5.74) is 1.58. The summed E-state index contributed by atoms with van der Waals surface area (Å²) in [6.07, 6.45) is 0. The van der Waals surface area contributed by atoms with Crippen LogP contribution in [0.2, 0.25) is 0 Å². The second-order valence-electron chi connectivity index (χ2n) is 3.98. The van der Waals surface area contributed by atoms with Gasteiger partial charge in [-0.15, -0.1) is 0 Å². The van der Waals surface area contributed by atoms with Crippen LogP contribution in [0.5, 0.6) is 5.75 Å². The third-order valence-corrected chi connectivity index (χ3v) is 3.23. The molecule has 0 aliphatic heterocycles. The second kappa shape index (κ2) is 6.61. The molecule has 0 bridgehead atoms. The first kappa shape index (κ1) is 14.8. The number of rotatable bonds is 4. The molecule has 0 aliphatic rings. The first-order valence-electron chi connectivity index (χ1n) is 5.50. The Labute approximate surface area is 115 Å². The van der Waals surface area contributed by atoms with Gasteiger partial charge in [0.2, 0.25) is 0 Å². The Bertz CT molecular complexity index is 438. The molecular weight excluding hydrogens is 300 g/mol. The highest BCUT2D eigenvalue weighted by atomic mass is 79.9. The van der Waals surface area contributed by atoms with Gasteiger partial charge in [0.05, 0.1) is 25.4 Å². The number of urea groups is 1. The number of benzene rings is 1. The van der Waals surface area contributed by atoms with E-state index in [9.17, 15) is 4.79 Å². The van der Waals surface area contributed by atoms with Gasteiger partial charge in [0.1, 0.15) is 5.75 Å². The minimum atomic E-state index is -0.384. The summed E-state index contributed by atoms with van der Waals surface area (Å²) in [6, 6.07) is 2.92. The van der Waals surface area contributed by atoms with Crippen LogP contribution in [0.1, 0.15) is 12.5 Å². The first-order valence-corrected chi connectivity index (χ1v) is 6.29. The van der Waals surface area contributed by atoms with E-state index >= 15 is 0 Å². The number of hydrogen-bond donors (Lipinski definition) is 3. The Kier molecular flexibility index (Phi) is 5.43. The van der Waals surface area contributed by atoms with Crippen LogP contribution >= 0.6 is 15.9 Å². The number of nitrogens with one attached hydrogen (secondary N) is 2. The minimum absolute atomic E-state index is 0.109. The van der Waals surface area contributed by atoms with Crippen LogP contribution < -0.4 is 15.4 Å². The molecule has 1 aromatic carbocycles. The summed E-state index contributed by atoms with van der Waals surface area (Å²) in [5, 5.41) is 14.1. The van der Waals surface area contributed by atoms with Crippen molar-refractivity contribution >= 4 is 27.6 Å². The summed E-state index contributed by atoms with van der Waals surface area (Å²) < 4.78 is 6.08. The normalized spacial score (nSPS) is 11.8. The van der Waals surface area contributed by atoms with Gasteiger partial charge in [0, 0.05) is 4.47 Å². The average molecular weight is 317 g/mol. The van der Waals surface area contributed by atoms with Gasteiger partial charge in [-0.25, -0.2) is 4.79 Å². The summed E-state index contributed by atoms with van der Waals surface area (Å²) >= 11 is 3.40. The Morgan fingerprint density at radius 1 is 1.56 bits per heavy atom. The van der Waals surface area contributed by atoms with Gasteiger partial charge in [-0.1, -0.05) is 15.9 Å². The Hall–Kier alpha value is -1.27. The van der Waals surface area contributed by atoms with Crippen molar-refractivity contribution in [2.45, 2.75) is 19.9 Å². The van der Waals surface area contributed by atoms with Gasteiger partial charge in [-0.05, 0) is 31.5 Å². The van der Waals surface area contributed by atoms with Gasteiger partial charge in [0.15, 0.2) is 0 Å². The lowest BCUT2D eigenvalue weighted by molar-refractivity contribution is 0.229. The van der Waals surface area contributed by atoms with Crippen molar-refractivity contribution in [1.29, 1.82) is 0 Å². The molecule has 100 valence electrons. The molecule has 0 saturated carbocycles. The zero-order valence-corrected chi connectivity index (χ0v) is 12.2. The highest BCUT2D eigenvalue weighted by Gasteiger charge is 2.11. The maximum absolute atomic E-state index is 11.6. The molecule has 0 aliphatic carbocycles. The zero-order chi connectivity index (χ0) is 13.7. The monoisotopic (exact) mass is 316 g/mol. The molecule has 0 aromatic heterocycles. The third-order valence-electron chi connectivity index (χ3n) is 2.38. The van der Waals surface area contributed by atoms with Crippen molar-refractivity contribution in [3.05, 3.63) is 22.2 Å². The number of methoxy groups -OCH3 is 1. The molecule has 0 saturated heterocycles. The Balaban J connectivity index is 2.83. The number of halogens is 1. The van der Waals surface area contributed by atoms with E-state index in [2.05, 4.69) is 26.6 Å².